The van der Waals surface area contributed by atoms with E-state index in [4.69, 9.17) is 4.74 Å². The third kappa shape index (κ3) is 2.34. The van der Waals surface area contributed by atoms with Gasteiger partial charge in [0.1, 0.15) is 23.4 Å². The molecule has 0 saturated carbocycles. The van der Waals surface area contributed by atoms with Crippen LogP contribution in [0.1, 0.15) is 35.3 Å². The zero-order valence-electron chi connectivity index (χ0n) is 11.0. The molecular weight excluding hydrogens is 259 g/mol. The summed E-state index contributed by atoms with van der Waals surface area (Å²) in [5.41, 5.74) is 2.32. The van der Waals surface area contributed by atoms with Gasteiger partial charge in [0.05, 0.1) is 6.10 Å². The van der Waals surface area contributed by atoms with Crippen molar-refractivity contribution in [2.45, 2.75) is 25.6 Å². The minimum Gasteiger partial charge on any atom is -0.508 e. The molecule has 20 heavy (non-hydrogen) atoms. The zero-order valence-corrected chi connectivity index (χ0v) is 11.0. The summed E-state index contributed by atoms with van der Waals surface area (Å²) in [6, 6.07) is 9.41. The molecule has 0 radical (unpaired) electrons. The number of hydrogen-bond acceptors (Lipinski definition) is 3. The van der Waals surface area contributed by atoms with Crippen molar-refractivity contribution in [2.75, 3.05) is 0 Å². The van der Waals surface area contributed by atoms with E-state index in [-0.39, 0.29) is 5.75 Å². The normalized spacial score (nSPS) is 21.1. The number of phenols is 1. The summed E-state index contributed by atoms with van der Waals surface area (Å²) in [5.74, 6) is -0.0660. The molecule has 1 aliphatic rings. The first-order chi connectivity index (χ1) is 9.52. The van der Waals surface area contributed by atoms with Gasteiger partial charge in [-0.2, -0.15) is 0 Å². The Bertz CT molecular complexity index is 634. The number of halogens is 1. The lowest BCUT2D eigenvalue weighted by molar-refractivity contribution is 0.0654. The quantitative estimate of drug-likeness (QED) is 0.838. The number of fused-ring (bicyclic) bond motifs is 1. The van der Waals surface area contributed by atoms with Gasteiger partial charge in [0.25, 0.3) is 0 Å². The minimum atomic E-state index is -0.658. The number of ether oxygens (including phenoxy) is 1. The van der Waals surface area contributed by atoms with Crippen LogP contribution in [-0.2, 0) is 0 Å². The summed E-state index contributed by atoms with van der Waals surface area (Å²) in [6.45, 7) is 1.95. The molecule has 2 aromatic rings. The van der Waals surface area contributed by atoms with E-state index in [1.807, 2.05) is 19.1 Å². The highest BCUT2D eigenvalue weighted by atomic mass is 19.1. The van der Waals surface area contributed by atoms with Crippen LogP contribution in [0.4, 0.5) is 4.39 Å². The lowest BCUT2D eigenvalue weighted by atomic mass is 9.94. The largest absolute Gasteiger partial charge is 0.508 e. The van der Waals surface area contributed by atoms with E-state index in [2.05, 4.69) is 0 Å². The molecule has 1 aliphatic heterocycles. The first-order valence-corrected chi connectivity index (χ1v) is 6.47. The van der Waals surface area contributed by atoms with Gasteiger partial charge in [-0.25, -0.2) is 4.39 Å². The van der Waals surface area contributed by atoms with Crippen LogP contribution in [0.2, 0.25) is 0 Å². The Kier molecular flexibility index (Phi) is 3.10. The van der Waals surface area contributed by atoms with Gasteiger partial charge in [0.2, 0.25) is 0 Å². The third-order valence-electron chi connectivity index (χ3n) is 3.51. The summed E-state index contributed by atoms with van der Waals surface area (Å²) in [4.78, 5) is 0. The van der Waals surface area contributed by atoms with Crippen molar-refractivity contribution < 1.29 is 19.3 Å². The predicted octanol–water partition coefficient (Wildman–Crippen LogP) is 3.40. The van der Waals surface area contributed by atoms with Crippen LogP contribution in [0.25, 0.3) is 0 Å². The number of aryl methyl sites for hydroxylation is 1. The maximum Gasteiger partial charge on any atom is 0.127 e. The van der Waals surface area contributed by atoms with Gasteiger partial charge in [-0.15, -0.1) is 0 Å². The SMILES string of the molecule is Cc1ccc2c(c1)C(O)CC(c1cc(O)cc(F)c1)O2. The van der Waals surface area contributed by atoms with Gasteiger partial charge in [-0.1, -0.05) is 11.6 Å². The summed E-state index contributed by atoms with van der Waals surface area (Å²) >= 11 is 0. The topological polar surface area (TPSA) is 49.7 Å². The summed E-state index contributed by atoms with van der Waals surface area (Å²) in [5, 5.41) is 19.7. The van der Waals surface area contributed by atoms with Crippen molar-refractivity contribution in [2.24, 2.45) is 0 Å². The molecule has 0 amide bonds. The Morgan fingerprint density at radius 3 is 2.75 bits per heavy atom. The molecule has 104 valence electrons. The van der Waals surface area contributed by atoms with Crippen LogP contribution in [0, 0.1) is 12.7 Å². The van der Waals surface area contributed by atoms with Crippen LogP contribution >= 0.6 is 0 Å². The Hall–Kier alpha value is -2.07. The molecule has 4 heteroatoms. The number of rotatable bonds is 1. The number of aliphatic hydroxyl groups excluding tert-OH is 1. The Labute approximate surface area is 116 Å². The fourth-order valence-electron chi connectivity index (χ4n) is 2.55. The molecule has 1 heterocycles. The second-order valence-electron chi connectivity index (χ2n) is 5.14. The molecule has 0 bridgehead atoms. The van der Waals surface area contributed by atoms with Crippen molar-refractivity contribution in [1.82, 2.24) is 0 Å². The lowest BCUT2D eigenvalue weighted by Crippen LogP contribution is -2.19. The number of aromatic hydroxyl groups is 1. The van der Waals surface area contributed by atoms with Crippen LogP contribution in [-0.4, -0.2) is 10.2 Å². The Morgan fingerprint density at radius 2 is 2.00 bits per heavy atom. The molecule has 2 N–H and O–H groups in total. The minimum absolute atomic E-state index is 0.146. The number of phenolic OH excluding ortho intramolecular Hbond substituents is 1. The Morgan fingerprint density at radius 1 is 1.20 bits per heavy atom. The second-order valence-corrected chi connectivity index (χ2v) is 5.14. The molecule has 0 saturated heterocycles. The average molecular weight is 274 g/mol. The molecule has 2 aromatic carbocycles. The smallest absolute Gasteiger partial charge is 0.127 e. The zero-order chi connectivity index (χ0) is 14.3. The van der Waals surface area contributed by atoms with Crippen molar-refractivity contribution in [3.8, 4) is 11.5 Å². The van der Waals surface area contributed by atoms with Gasteiger partial charge in [-0.3, -0.25) is 0 Å². The van der Waals surface area contributed by atoms with Crippen LogP contribution in [0.3, 0.4) is 0 Å². The van der Waals surface area contributed by atoms with Crippen LogP contribution < -0.4 is 4.74 Å². The van der Waals surface area contributed by atoms with Crippen molar-refractivity contribution in [3.63, 3.8) is 0 Å². The lowest BCUT2D eigenvalue weighted by Gasteiger charge is -2.30. The summed E-state index contributed by atoms with van der Waals surface area (Å²) in [7, 11) is 0. The standard InChI is InChI=1S/C16H15FO3/c1-9-2-3-15-13(4-9)14(19)8-16(20-15)10-5-11(17)7-12(18)6-10/h2-7,14,16,18-19H,8H2,1H3. The monoisotopic (exact) mass is 274 g/mol. The second kappa shape index (κ2) is 4.80. The fraction of sp³-hybridized carbons (Fsp3) is 0.250. The van der Waals surface area contributed by atoms with Crippen LogP contribution in [0.5, 0.6) is 11.5 Å². The average Bonchev–Trinajstić information content (AvgIpc) is 2.38. The molecular formula is C16H15FO3. The maximum absolute atomic E-state index is 13.4. The van der Waals surface area contributed by atoms with Crippen molar-refractivity contribution >= 4 is 0 Å². The van der Waals surface area contributed by atoms with Gasteiger partial charge in [0.15, 0.2) is 0 Å². The third-order valence-corrected chi connectivity index (χ3v) is 3.51. The van der Waals surface area contributed by atoms with E-state index in [1.54, 1.807) is 6.07 Å². The molecule has 0 fully saturated rings. The van der Waals surface area contributed by atoms with E-state index in [0.717, 1.165) is 17.2 Å². The van der Waals surface area contributed by atoms with Gasteiger partial charge >= 0.3 is 0 Å². The first kappa shape index (κ1) is 12.9. The molecule has 2 unspecified atom stereocenters. The molecule has 0 aromatic heterocycles. The van der Waals surface area contributed by atoms with E-state index < -0.39 is 18.0 Å². The number of benzene rings is 2. The van der Waals surface area contributed by atoms with E-state index in [1.165, 1.54) is 12.1 Å². The molecule has 3 rings (SSSR count). The van der Waals surface area contributed by atoms with E-state index in [0.29, 0.717) is 17.7 Å². The predicted molar refractivity (Wildman–Crippen MR) is 72.2 cm³/mol. The number of aliphatic hydroxyl groups is 1. The first-order valence-electron chi connectivity index (χ1n) is 6.47. The number of hydrogen-bond donors (Lipinski definition) is 2. The van der Waals surface area contributed by atoms with Crippen molar-refractivity contribution in [1.29, 1.82) is 0 Å². The van der Waals surface area contributed by atoms with Gasteiger partial charge in [-0.05, 0) is 36.8 Å². The summed E-state index contributed by atoms with van der Waals surface area (Å²) in [6.07, 6.45) is -0.796. The highest BCUT2D eigenvalue weighted by molar-refractivity contribution is 5.41. The molecule has 2 atom stereocenters. The molecule has 3 nitrogen and oxygen atoms in total. The maximum atomic E-state index is 13.4. The van der Waals surface area contributed by atoms with Crippen LogP contribution in [0.15, 0.2) is 36.4 Å². The molecule has 0 aliphatic carbocycles. The molecule has 0 spiro atoms. The Balaban J connectivity index is 1.96. The van der Waals surface area contributed by atoms with Gasteiger partial charge < -0.3 is 14.9 Å². The fourth-order valence-corrected chi connectivity index (χ4v) is 2.55. The highest BCUT2D eigenvalue weighted by Crippen LogP contribution is 2.41. The highest BCUT2D eigenvalue weighted by Gasteiger charge is 2.28. The van der Waals surface area contributed by atoms with Gasteiger partial charge in [0, 0.05) is 18.1 Å². The van der Waals surface area contributed by atoms with Crippen molar-refractivity contribution in [3.05, 3.63) is 58.9 Å². The van der Waals surface area contributed by atoms with E-state index in [9.17, 15) is 14.6 Å². The summed E-state index contributed by atoms with van der Waals surface area (Å²) < 4.78 is 19.2. The van der Waals surface area contributed by atoms with E-state index >= 15 is 0 Å².